The second-order valence-electron chi connectivity index (χ2n) is 5.86. The average molecular weight is 391 g/mol. The molecule has 7 heteroatoms. The molecule has 1 amide bonds. The highest BCUT2D eigenvalue weighted by atomic mass is 32.1. The minimum Gasteiger partial charge on any atom is -0.493 e. The Hall–Kier alpha value is -2.54. The summed E-state index contributed by atoms with van der Waals surface area (Å²) in [5.74, 6) is 0.736. The summed E-state index contributed by atoms with van der Waals surface area (Å²) in [5.41, 5.74) is 1.28. The Morgan fingerprint density at radius 2 is 1.85 bits per heavy atom. The van der Waals surface area contributed by atoms with Crippen LogP contribution in [-0.4, -0.2) is 32.2 Å². The molecule has 6 nitrogen and oxygen atoms in total. The fraction of sp³-hybridized carbons (Fsp3) is 0.400. The monoisotopic (exact) mass is 391 g/mol. The van der Waals surface area contributed by atoms with Gasteiger partial charge in [0, 0.05) is 11.3 Å². The van der Waals surface area contributed by atoms with E-state index < -0.39 is 5.97 Å². The van der Waals surface area contributed by atoms with Gasteiger partial charge in [0.15, 0.2) is 11.5 Å². The lowest BCUT2D eigenvalue weighted by atomic mass is 10.1. The first-order valence-corrected chi connectivity index (χ1v) is 9.62. The van der Waals surface area contributed by atoms with E-state index in [0.29, 0.717) is 41.7 Å². The number of anilines is 1. The van der Waals surface area contributed by atoms with Crippen LogP contribution in [0.3, 0.4) is 0 Å². The molecular weight excluding hydrogens is 366 g/mol. The van der Waals surface area contributed by atoms with Gasteiger partial charge < -0.3 is 19.5 Å². The fourth-order valence-electron chi connectivity index (χ4n) is 2.51. The van der Waals surface area contributed by atoms with Crippen molar-refractivity contribution in [2.24, 2.45) is 0 Å². The number of rotatable bonds is 9. The van der Waals surface area contributed by atoms with Crippen LogP contribution in [0.15, 0.2) is 24.3 Å². The minimum atomic E-state index is -0.408. The first kappa shape index (κ1) is 20.8. The highest BCUT2D eigenvalue weighted by Gasteiger charge is 2.21. The average Bonchev–Trinajstić information content (AvgIpc) is 2.92. The molecule has 0 aliphatic carbocycles. The van der Waals surface area contributed by atoms with Gasteiger partial charge in [-0.1, -0.05) is 12.1 Å². The van der Waals surface area contributed by atoms with E-state index >= 15 is 0 Å². The Labute approximate surface area is 163 Å². The van der Waals surface area contributed by atoms with Crippen molar-refractivity contribution in [1.29, 1.82) is 0 Å². The van der Waals surface area contributed by atoms with Gasteiger partial charge >= 0.3 is 5.97 Å². The van der Waals surface area contributed by atoms with Crippen LogP contribution in [0.5, 0.6) is 11.5 Å². The summed E-state index contributed by atoms with van der Waals surface area (Å²) < 4.78 is 16.0. The largest absolute Gasteiger partial charge is 0.493 e. The minimum absolute atomic E-state index is 0.162. The molecule has 0 aliphatic rings. The highest BCUT2D eigenvalue weighted by molar-refractivity contribution is 7.16. The van der Waals surface area contributed by atoms with Crippen molar-refractivity contribution >= 4 is 28.2 Å². The topological polar surface area (TPSA) is 73.9 Å². The van der Waals surface area contributed by atoms with Crippen molar-refractivity contribution in [3.8, 4) is 11.5 Å². The number of amides is 1. The lowest BCUT2D eigenvalue weighted by Gasteiger charge is -2.10. The molecule has 2 rings (SSSR count). The second-order valence-corrected chi connectivity index (χ2v) is 7.08. The quantitative estimate of drug-likeness (QED) is 0.508. The van der Waals surface area contributed by atoms with Crippen molar-refractivity contribution in [3.63, 3.8) is 0 Å². The normalized spacial score (nSPS) is 10.4. The van der Waals surface area contributed by atoms with E-state index in [1.165, 1.54) is 11.3 Å². The molecule has 0 saturated heterocycles. The first-order chi connectivity index (χ1) is 13.0. The van der Waals surface area contributed by atoms with Crippen molar-refractivity contribution in [2.45, 2.75) is 33.6 Å². The Bertz CT molecular complexity index is 800. The lowest BCUT2D eigenvalue weighted by Crippen LogP contribution is -2.15. The highest BCUT2D eigenvalue weighted by Crippen LogP contribution is 2.33. The summed E-state index contributed by atoms with van der Waals surface area (Å²) in [6, 6.07) is 7.37. The number of benzene rings is 1. The molecule has 0 unspecified atom stereocenters. The molecule has 1 aromatic carbocycles. The Balaban J connectivity index is 1.89. The smallest absolute Gasteiger partial charge is 0.341 e. The van der Waals surface area contributed by atoms with Gasteiger partial charge in [-0.15, -0.1) is 11.3 Å². The molecule has 0 fully saturated rings. The summed E-state index contributed by atoms with van der Waals surface area (Å²) >= 11 is 1.38. The van der Waals surface area contributed by atoms with E-state index in [1.807, 2.05) is 38.1 Å². The maximum Gasteiger partial charge on any atom is 0.341 e. The number of thiophene rings is 1. The van der Waals surface area contributed by atoms with E-state index in [-0.39, 0.29) is 12.3 Å². The van der Waals surface area contributed by atoms with Gasteiger partial charge in [-0.25, -0.2) is 4.79 Å². The van der Waals surface area contributed by atoms with E-state index in [4.69, 9.17) is 14.2 Å². The fourth-order valence-corrected chi connectivity index (χ4v) is 3.57. The number of carbonyl (C=O) groups excluding carboxylic acids is 2. The third kappa shape index (κ3) is 5.47. The summed E-state index contributed by atoms with van der Waals surface area (Å²) in [6.07, 6.45) is 0.829. The van der Waals surface area contributed by atoms with Crippen LogP contribution in [0.4, 0.5) is 5.00 Å². The van der Waals surface area contributed by atoms with Gasteiger partial charge in [-0.05, 0) is 44.9 Å². The SMILES string of the molecule is CCOC(=O)c1c(NC(=O)CCCOc2ccccc2OC)sc(C)c1C. The molecule has 27 heavy (non-hydrogen) atoms. The molecule has 0 spiro atoms. The van der Waals surface area contributed by atoms with E-state index in [1.54, 1.807) is 14.0 Å². The van der Waals surface area contributed by atoms with Gasteiger partial charge in [0.2, 0.25) is 5.91 Å². The van der Waals surface area contributed by atoms with E-state index in [0.717, 1.165) is 10.4 Å². The maximum atomic E-state index is 12.3. The Morgan fingerprint density at radius 3 is 2.52 bits per heavy atom. The predicted octanol–water partition coefficient (Wildman–Crippen LogP) is 4.35. The summed E-state index contributed by atoms with van der Waals surface area (Å²) in [4.78, 5) is 25.4. The zero-order valence-corrected chi connectivity index (χ0v) is 16.9. The molecule has 2 aromatic rings. The van der Waals surface area contributed by atoms with Crippen molar-refractivity contribution in [2.75, 3.05) is 25.6 Å². The van der Waals surface area contributed by atoms with Gasteiger partial charge in [-0.2, -0.15) is 0 Å². The third-order valence-corrected chi connectivity index (χ3v) is 5.12. The number of hydrogen-bond acceptors (Lipinski definition) is 6. The summed E-state index contributed by atoms with van der Waals surface area (Å²) in [5, 5.41) is 3.37. The lowest BCUT2D eigenvalue weighted by molar-refractivity contribution is -0.116. The molecule has 0 saturated carbocycles. The Morgan fingerprint density at radius 1 is 1.15 bits per heavy atom. The van der Waals surface area contributed by atoms with Gasteiger partial charge in [0.05, 0.1) is 25.9 Å². The molecule has 0 radical (unpaired) electrons. The van der Waals surface area contributed by atoms with E-state index in [2.05, 4.69) is 5.32 Å². The van der Waals surface area contributed by atoms with Crippen LogP contribution >= 0.6 is 11.3 Å². The van der Waals surface area contributed by atoms with Crippen molar-refractivity contribution < 1.29 is 23.8 Å². The first-order valence-electron chi connectivity index (χ1n) is 8.80. The molecule has 0 bridgehead atoms. The van der Waals surface area contributed by atoms with Crippen LogP contribution < -0.4 is 14.8 Å². The zero-order chi connectivity index (χ0) is 19.8. The number of nitrogens with one attached hydrogen (secondary N) is 1. The number of carbonyl (C=O) groups is 2. The van der Waals surface area contributed by atoms with E-state index in [9.17, 15) is 9.59 Å². The summed E-state index contributed by atoms with van der Waals surface area (Å²) in [6.45, 7) is 6.21. The standard InChI is InChI=1S/C20H25NO5S/c1-5-25-20(23)18-13(2)14(3)27-19(18)21-17(22)11-8-12-26-16-10-7-6-9-15(16)24-4/h6-7,9-10H,5,8,11-12H2,1-4H3,(H,21,22). The molecule has 0 aliphatic heterocycles. The Kier molecular flexibility index (Phi) is 7.67. The molecule has 1 aromatic heterocycles. The van der Waals surface area contributed by atoms with Gasteiger partial charge in [-0.3, -0.25) is 4.79 Å². The number of methoxy groups -OCH3 is 1. The predicted molar refractivity (Wildman–Crippen MR) is 106 cm³/mol. The molecule has 146 valence electrons. The molecule has 0 atom stereocenters. The number of esters is 1. The summed E-state index contributed by atoms with van der Waals surface area (Å²) in [7, 11) is 1.59. The molecular formula is C20H25NO5S. The van der Waals surface area contributed by atoms with Gasteiger partial charge in [0.1, 0.15) is 5.00 Å². The maximum absolute atomic E-state index is 12.3. The molecule has 1 heterocycles. The van der Waals surface area contributed by atoms with Gasteiger partial charge in [0.25, 0.3) is 0 Å². The third-order valence-electron chi connectivity index (χ3n) is 3.99. The van der Waals surface area contributed by atoms with Crippen LogP contribution in [0, 0.1) is 13.8 Å². The zero-order valence-electron chi connectivity index (χ0n) is 16.1. The molecule has 1 N–H and O–H groups in total. The number of hydrogen-bond donors (Lipinski definition) is 1. The number of ether oxygens (including phenoxy) is 3. The van der Waals surface area contributed by atoms with Crippen LogP contribution in [0.2, 0.25) is 0 Å². The number of aryl methyl sites for hydroxylation is 1. The van der Waals surface area contributed by atoms with Crippen LogP contribution in [0.1, 0.15) is 40.6 Å². The van der Waals surface area contributed by atoms with Crippen LogP contribution in [-0.2, 0) is 9.53 Å². The van der Waals surface area contributed by atoms with Crippen LogP contribution in [0.25, 0.3) is 0 Å². The second kappa shape index (κ2) is 9.97. The van der Waals surface area contributed by atoms with Crippen molar-refractivity contribution in [3.05, 3.63) is 40.3 Å². The number of para-hydroxylation sites is 2. The van der Waals surface area contributed by atoms with Crippen molar-refractivity contribution in [1.82, 2.24) is 0 Å².